The molecule has 1 heterocycles. The van der Waals surface area contributed by atoms with Gasteiger partial charge in [-0.25, -0.2) is 4.98 Å². The number of nitrogens with one attached hydrogen (secondary N) is 1. The minimum Gasteiger partial charge on any atom is -0.352 e. The van der Waals surface area contributed by atoms with E-state index in [1.54, 1.807) is 4.57 Å². The van der Waals surface area contributed by atoms with Crippen molar-refractivity contribution in [1.29, 1.82) is 0 Å². The Kier molecular flexibility index (Phi) is 8.33. The van der Waals surface area contributed by atoms with Crippen LogP contribution in [0.1, 0.15) is 51.9 Å². The van der Waals surface area contributed by atoms with Gasteiger partial charge in [-0.15, -0.1) is 0 Å². The van der Waals surface area contributed by atoms with Gasteiger partial charge in [0.05, 0.1) is 16.2 Å². The van der Waals surface area contributed by atoms with E-state index in [0.717, 1.165) is 25.8 Å². The largest absolute Gasteiger partial charge is 0.352 e. The first-order chi connectivity index (χ1) is 14.5. The summed E-state index contributed by atoms with van der Waals surface area (Å²) in [7, 11) is 4.05. The number of thioether (sulfide) groups is 1. The molecule has 1 aromatic heterocycles. The molecule has 0 bridgehead atoms. The maximum Gasteiger partial charge on any atom is 0.262 e. The SMILES string of the molecule is C[C@@H](Sc1nc2ccccc2c(=O)n1CCCN(C)C)C(=O)NC1CCCCCC1. The van der Waals surface area contributed by atoms with Crippen LogP contribution in [-0.2, 0) is 11.3 Å². The van der Waals surface area contributed by atoms with Crippen molar-refractivity contribution in [2.75, 3.05) is 20.6 Å². The first-order valence-electron chi connectivity index (χ1n) is 11.1. The van der Waals surface area contributed by atoms with Crippen molar-refractivity contribution < 1.29 is 4.79 Å². The molecule has 7 heteroatoms. The zero-order valence-corrected chi connectivity index (χ0v) is 19.2. The van der Waals surface area contributed by atoms with Crippen molar-refractivity contribution >= 4 is 28.6 Å². The lowest BCUT2D eigenvalue weighted by molar-refractivity contribution is -0.121. The van der Waals surface area contributed by atoms with Crippen LogP contribution in [0.5, 0.6) is 0 Å². The predicted octanol–water partition coefficient (Wildman–Crippen LogP) is 3.67. The average Bonchev–Trinajstić information content (AvgIpc) is 2.98. The number of carbonyl (C=O) groups is 1. The van der Waals surface area contributed by atoms with E-state index in [1.165, 1.54) is 37.4 Å². The number of fused-ring (bicyclic) bond motifs is 1. The minimum atomic E-state index is -0.304. The molecule has 30 heavy (non-hydrogen) atoms. The maximum absolute atomic E-state index is 13.1. The van der Waals surface area contributed by atoms with Crippen LogP contribution in [-0.4, -0.2) is 52.3 Å². The van der Waals surface area contributed by atoms with Crippen LogP contribution in [0.4, 0.5) is 0 Å². The molecule has 0 saturated heterocycles. The topological polar surface area (TPSA) is 67.2 Å². The standard InChI is InChI=1S/C23H34N4O2S/c1-17(21(28)24-18-11-6-4-5-7-12-18)30-23-25-20-14-9-8-13-19(20)22(29)27(23)16-10-15-26(2)3/h8-9,13-14,17-18H,4-7,10-12,15-16H2,1-3H3,(H,24,28)/t17-/m1/s1. The first-order valence-corrected chi connectivity index (χ1v) is 11.9. The van der Waals surface area contributed by atoms with Gasteiger partial charge in [0.2, 0.25) is 5.91 Å². The van der Waals surface area contributed by atoms with Crippen molar-refractivity contribution in [3.05, 3.63) is 34.6 Å². The molecule has 1 aromatic carbocycles. The molecule has 1 fully saturated rings. The highest BCUT2D eigenvalue weighted by molar-refractivity contribution is 8.00. The number of benzene rings is 1. The molecule has 0 aliphatic heterocycles. The van der Waals surface area contributed by atoms with Gasteiger partial charge in [-0.1, -0.05) is 49.6 Å². The Morgan fingerprint density at radius 2 is 1.93 bits per heavy atom. The van der Waals surface area contributed by atoms with Crippen LogP contribution in [0.2, 0.25) is 0 Å². The van der Waals surface area contributed by atoms with Crippen molar-refractivity contribution in [2.24, 2.45) is 0 Å². The number of carbonyl (C=O) groups excluding carboxylic acids is 1. The highest BCUT2D eigenvalue weighted by Crippen LogP contribution is 2.24. The van der Waals surface area contributed by atoms with Gasteiger partial charge in [-0.2, -0.15) is 0 Å². The van der Waals surface area contributed by atoms with Gasteiger partial charge >= 0.3 is 0 Å². The first kappa shape index (κ1) is 22.8. The Morgan fingerprint density at radius 1 is 1.23 bits per heavy atom. The smallest absolute Gasteiger partial charge is 0.262 e. The van der Waals surface area contributed by atoms with Gasteiger partial charge in [-0.05, 0) is 59.0 Å². The number of hydrogen-bond donors (Lipinski definition) is 1. The Morgan fingerprint density at radius 3 is 2.63 bits per heavy atom. The van der Waals surface area contributed by atoms with E-state index in [-0.39, 0.29) is 22.8 Å². The quantitative estimate of drug-likeness (QED) is 0.393. The molecule has 1 aliphatic rings. The fourth-order valence-electron chi connectivity index (χ4n) is 3.93. The molecule has 1 N–H and O–H groups in total. The van der Waals surface area contributed by atoms with Gasteiger partial charge < -0.3 is 10.2 Å². The molecule has 0 radical (unpaired) electrons. The van der Waals surface area contributed by atoms with Crippen molar-refractivity contribution in [3.8, 4) is 0 Å². The van der Waals surface area contributed by atoms with Crippen LogP contribution in [0.15, 0.2) is 34.2 Å². The highest BCUT2D eigenvalue weighted by atomic mass is 32.2. The van der Waals surface area contributed by atoms with Crippen molar-refractivity contribution in [3.63, 3.8) is 0 Å². The lowest BCUT2D eigenvalue weighted by Gasteiger charge is -2.20. The van der Waals surface area contributed by atoms with Crippen LogP contribution in [0, 0.1) is 0 Å². The Bertz CT molecular complexity index is 904. The summed E-state index contributed by atoms with van der Waals surface area (Å²) < 4.78 is 1.74. The predicted molar refractivity (Wildman–Crippen MR) is 124 cm³/mol. The molecule has 2 aromatic rings. The molecule has 1 atom stereocenters. The summed E-state index contributed by atoms with van der Waals surface area (Å²) in [5.74, 6) is 0.0362. The highest BCUT2D eigenvalue weighted by Gasteiger charge is 2.22. The lowest BCUT2D eigenvalue weighted by Crippen LogP contribution is -2.39. The summed E-state index contributed by atoms with van der Waals surface area (Å²) >= 11 is 1.39. The Balaban J connectivity index is 1.78. The molecule has 164 valence electrons. The zero-order valence-electron chi connectivity index (χ0n) is 18.4. The van der Waals surface area contributed by atoms with E-state index in [2.05, 4.69) is 10.2 Å². The van der Waals surface area contributed by atoms with E-state index in [1.807, 2.05) is 45.3 Å². The second kappa shape index (κ2) is 11.0. The second-order valence-electron chi connectivity index (χ2n) is 8.48. The van der Waals surface area contributed by atoms with Crippen molar-refractivity contribution in [2.45, 2.75) is 74.9 Å². The number of aromatic nitrogens is 2. The number of amides is 1. The monoisotopic (exact) mass is 430 g/mol. The molecular formula is C23H34N4O2S. The fourth-order valence-corrected chi connectivity index (χ4v) is 4.88. The summed E-state index contributed by atoms with van der Waals surface area (Å²) in [5.41, 5.74) is 0.656. The summed E-state index contributed by atoms with van der Waals surface area (Å²) in [5, 5.41) is 4.18. The van der Waals surface area contributed by atoms with E-state index in [0.29, 0.717) is 22.6 Å². The third kappa shape index (κ3) is 6.08. The molecule has 1 aliphatic carbocycles. The van der Waals surface area contributed by atoms with E-state index >= 15 is 0 Å². The number of rotatable bonds is 8. The normalized spacial score (nSPS) is 16.5. The number of nitrogens with zero attached hydrogens (tertiary/aromatic N) is 3. The molecule has 6 nitrogen and oxygen atoms in total. The minimum absolute atomic E-state index is 0.0294. The van der Waals surface area contributed by atoms with Crippen LogP contribution in [0.25, 0.3) is 10.9 Å². The summed E-state index contributed by atoms with van der Waals surface area (Å²) in [4.78, 5) is 32.8. The number of hydrogen-bond acceptors (Lipinski definition) is 5. The fraction of sp³-hybridized carbons (Fsp3) is 0.609. The van der Waals surface area contributed by atoms with Gasteiger partial charge in [0, 0.05) is 12.6 Å². The zero-order chi connectivity index (χ0) is 21.5. The van der Waals surface area contributed by atoms with Gasteiger partial charge in [0.25, 0.3) is 5.56 Å². The molecule has 0 unspecified atom stereocenters. The van der Waals surface area contributed by atoms with Crippen LogP contribution >= 0.6 is 11.8 Å². The third-order valence-electron chi connectivity index (χ3n) is 5.67. The van der Waals surface area contributed by atoms with E-state index in [4.69, 9.17) is 4.98 Å². The van der Waals surface area contributed by atoms with Crippen LogP contribution < -0.4 is 10.9 Å². The van der Waals surface area contributed by atoms with E-state index in [9.17, 15) is 9.59 Å². The molecule has 3 rings (SSSR count). The molecule has 0 spiro atoms. The van der Waals surface area contributed by atoms with Gasteiger partial charge in [-0.3, -0.25) is 14.2 Å². The summed E-state index contributed by atoms with van der Waals surface area (Å²) in [6, 6.07) is 7.72. The van der Waals surface area contributed by atoms with Crippen LogP contribution in [0.3, 0.4) is 0 Å². The molecule has 1 amide bonds. The van der Waals surface area contributed by atoms with E-state index < -0.39 is 0 Å². The summed E-state index contributed by atoms with van der Waals surface area (Å²) in [6.07, 6.45) is 7.87. The average molecular weight is 431 g/mol. The second-order valence-corrected chi connectivity index (χ2v) is 9.79. The lowest BCUT2D eigenvalue weighted by atomic mass is 10.1. The Hall–Kier alpha value is -1.86. The summed E-state index contributed by atoms with van der Waals surface area (Å²) in [6.45, 7) is 3.39. The number of para-hydroxylation sites is 1. The van der Waals surface area contributed by atoms with Crippen molar-refractivity contribution in [1.82, 2.24) is 19.8 Å². The molecule has 1 saturated carbocycles. The third-order valence-corrected chi connectivity index (χ3v) is 6.76. The van der Waals surface area contributed by atoms with Gasteiger partial charge in [0.1, 0.15) is 0 Å². The van der Waals surface area contributed by atoms with Gasteiger partial charge in [0.15, 0.2) is 5.16 Å². The maximum atomic E-state index is 13.1. The Labute approximate surface area is 183 Å². The molecular weight excluding hydrogens is 396 g/mol.